The molecule has 0 aliphatic carbocycles. The molecule has 196 valence electrons. The molecule has 1 fully saturated rings. The Morgan fingerprint density at radius 1 is 1.08 bits per heavy atom. The fourth-order valence-corrected chi connectivity index (χ4v) is 4.71. The van der Waals surface area contributed by atoms with Crippen LogP contribution in [0.5, 0.6) is 11.5 Å². The molecule has 1 atom stereocenters. The van der Waals surface area contributed by atoms with Crippen molar-refractivity contribution in [3.05, 3.63) is 53.8 Å². The number of carbonyl (C=O) groups is 1. The summed E-state index contributed by atoms with van der Waals surface area (Å²) in [6.07, 6.45) is 6.31. The van der Waals surface area contributed by atoms with Crippen LogP contribution < -0.4 is 19.7 Å². The Bertz CT molecular complexity index is 1180. The van der Waals surface area contributed by atoms with Crippen LogP contribution in [0.3, 0.4) is 0 Å². The Morgan fingerprint density at radius 3 is 2.81 bits per heavy atom. The van der Waals surface area contributed by atoms with Gasteiger partial charge in [0.15, 0.2) is 17.3 Å². The van der Waals surface area contributed by atoms with Crippen molar-refractivity contribution in [2.45, 2.75) is 38.0 Å². The quantitative estimate of drug-likeness (QED) is 0.290. The van der Waals surface area contributed by atoms with E-state index in [-0.39, 0.29) is 12.7 Å². The van der Waals surface area contributed by atoms with Crippen molar-refractivity contribution in [3.8, 4) is 11.5 Å². The molecule has 1 aromatic carbocycles. The zero-order chi connectivity index (χ0) is 25.5. The number of hydrogen-bond acceptors (Lipinski definition) is 10. The summed E-state index contributed by atoms with van der Waals surface area (Å²) < 4.78 is 16.4. The number of piperazine rings is 1. The third-order valence-electron chi connectivity index (χ3n) is 6.93. The van der Waals surface area contributed by atoms with Gasteiger partial charge in [-0.25, -0.2) is 4.98 Å². The minimum atomic E-state index is -0.0568. The van der Waals surface area contributed by atoms with Gasteiger partial charge in [0, 0.05) is 69.9 Å². The summed E-state index contributed by atoms with van der Waals surface area (Å²) in [6, 6.07) is 9.97. The van der Waals surface area contributed by atoms with Crippen LogP contribution in [0.1, 0.15) is 42.5 Å². The number of rotatable bonds is 12. The number of aldehydes is 1. The highest BCUT2D eigenvalue weighted by atomic mass is 16.7. The Hall–Kier alpha value is -3.66. The molecular formula is C27H34N6O4. The third kappa shape index (κ3) is 6.56. The molecule has 2 aliphatic rings. The molecule has 5 rings (SSSR count). The summed E-state index contributed by atoms with van der Waals surface area (Å²) in [5, 5.41) is 7.58. The molecule has 1 N–H and O–H groups in total. The summed E-state index contributed by atoms with van der Waals surface area (Å²) in [5.74, 6) is 3.51. The molecule has 0 amide bonds. The minimum Gasteiger partial charge on any atom is -0.454 e. The fraction of sp³-hybridized carbons (Fsp3) is 0.481. The topological polar surface area (TPSA) is 106 Å². The van der Waals surface area contributed by atoms with E-state index in [0.717, 1.165) is 75.4 Å². The number of pyridine rings is 1. The Labute approximate surface area is 217 Å². The van der Waals surface area contributed by atoms with E-state index >= 15 is 0 Å². The summed E-state index contributed by atoms with van der Waals surface area (Å²) >= 11 is 0. The number of aromatic nitrogens is 3. The predicted octanol–water partition coefficient (Wildman–Crippen LogP) is 3.30. The van der Waals surface area contributed by atoms with E-state index in [4.69, 9.17) is 14.0 Å². The molecule has 1 unspecified atom stereocenters. The summed E-state index contributed by atoms with van der Waals surface area (Å²) in [4.78, 5) is 25.1. The average Bonchev–Trinajstić information content (AvgIpc) is 3.58. The molecule has 0 saturated carbocycles. The van der Waals surface area contributed by atoms with Gasteiger partial charge >= 0.3 is 0 Å². The zero-order valence-electron chi connectivity index (χ0n) is 21.3. The molecule has 1 saturated heterocycles. The zero-order valence-corrected chi connectivity index (χ0v) is 21.3. The standard InChI is InChI=1S/C27H34N6O4/c1-32-11-13-33(14-12-32)22-7-10-29-26(18-22)28-9-3-2-4-25-30-27(37-31-25)17-21(8-15-34)20-5-6-23-24(16-20)36-19-35-23/h5-7,10,15-16,18,21H,2-4,8-9,11-14,17,19H2,1H3,(H,28,29). The molecule has 3 aromatic rings. The van der Waals surface area contributed by atoms with Crippen molar-refractivity contribution in [3.63, 3.8) is 0 Å². The number of ether oxygens (including phenoxy) is 2. The first-order valence-corrected chi connectivity index (χ1v) is 13.0. The number of anilines is 2. The highest BCUT2D eigenvalue weighted by Gasteiger charge is 2.21. The first-order chi connectivity index (χ1) is 18.2. The van der Waals surface area contributed by atoms with E-state index in [9.17, 15) is 4.79 Å². The number of fused-ring (bicyclic) bond motifs is 1. The Balaban J connectivity index is 1.07. The SMILES string of the molecule is CN1CCN(c2ccnc(NCCCCc3noc(CC(CC=O)c4ccc5c(c4)OCO5)n3)c2)CC1. The molecule has 2 aliphatic heterocycles. The number of unbranched alkanes of at least 4 members (excludes halogenated alkanes) is 1. The van der Waals surface area contributed by atoms with Crippen LogP contribution in [0.15, 0.2) is 41.1 Å². The summed E-state index contributed by atoms with van der Waals surface area (Å²) in [6.45, 7) is 5.30. The van der Waals surface area contributed by atoms with Crippen LogP contribution >= 0.6 is 0 Å². The molecule has 10 nitrogen and oxygen atoms in total. The molecule has 0 bridgehead atoms. The lowest BCUT2D eigenvalue weighted by Gasteiger charge is -2.34. The molecular weight excluding hydrogens is 472 g/mol. The molecule has 2 aromatic heterocycles. The molecule has 10 heteroatoms. The first kappa shape index (κ1) is 25.0. The molecule has 4 heterocycles. The fourth-order valence-electron chi connectivity index (χ4n) is 4.71. The molecule has 0 radical (unpaired) electrons. The van der Waals surface area contributed by atoms with Gasteiger partial charge < -0.3 is 33.9 Å². The van der Waals surface area contributed by atoms with Crippen LogP contribution in [0.25, 0.3) is 0 Å². The van der Waals surface area contributed by atoms with Crippen molar-refractivity contribution >= 4 is 17.8 Å². The second-order valence-corrected chi connectivity index (χ2v) is 9.59. The van der Waals surface area contributed by atoms with E-state index in [0.29, 0.717) is 30.3 Å². The number of nitrogens with zero attached hydrogens (tertiary/aromatic N) is 5. The van der Waals surface area contributed by atoms with Gasteiger partial charge in [-0.15, -0.1) is 0 Å². The van der Waals surface area contributed by atoms with E-state index in [1.807, 2.05) is 24.4 Å². The van der Waals surface area contributed by atoms with Crippen LogP contribution in [0, 0.1) is 0 Å². The number of hydrogen-bond donors (Lipinski definition) is 1. The average molecular weight is 507 g/mol. The number of carbonyl (C=O) groups excluding carboxylic acids is 1. The smallest absolute Gasteiger partial charge is 0.231 e. The lowest BCUT2D eigenvalue weighted by molar-refractivity contribution is -0.108. The molecule has 37 heavy (non-hydrogen) atoms. The van der Waals surface area contributed by atoms with Gasteiger partial charge in [0.1, 0.15) is 12.1 Å². The lowest BCUT2D eigenvalue weighted by atomic mass is 9.92. The monoisotopic (exact) mass is 506 g/mol. The number of aryl methyl sites for hydroxylation is 1. The van der Waals surface area contributed by atoms with Crippen molar-refractivity contribution in [1.82, 2.24) is 20.0 Å². The Morgan fingerprint density at radius 2 is 1.95 bits per heavy atom. The van der Waals surface area contributed by atoms with Gasteiger partial charge in [0.05, 0.1) is 0 Å². The van der Waals surface area contributed by atoms with Gasteiger partial charge in [-0.05, 0) is 49.6 Å². The maximum Gasteiger partial charge on any atom is 0.231 e. The second-order valence-electron chi connectivity index (χ2n) is 9.59. The van der Waals surface area contributed by atoms with Crippen LogP contribution in [-0.2, 0) is 17.6 Å². The van der Waals surface area contributed by atoms with E-state index in [2.05, 4.69) is 49.4 Å². The number of nitrogens with one attached hydrogen (secondary N) is 1. The normalized spacial score (nSPS) is 16.1. The second kappa shape index (κ2) is 12.1. The molecule has 0 spiro atoms. The summed E-state index contributed by atoms with van der Waals surface area (Å²) in [7, 11) is 2.16. The van der Waals surface area contributed by atoms with Crippen molar-refractivity contribution < 1.29 is 18.8 Å². The van der Waals surface area contributed by atoms with E-state index in [1.54, 1.807) is 0 Å². The van der Waals surface area contributed by atoms with Gasteiger partial charge in [-0.3, -0.25) is 0 Å². The maximum absolute atomic E-state index is 11.3. The number of likely N-dealkylation sites (N-methyl/N-ethyl adjacent to an activating group) is 1. The Kier molecular flexibility index (Phi) is 8.15. The van der Waals surface area contributed by atoms with Crippen LogP contribution in [0.2, 0.25) is 0 Å². The highest BCUT2D eigenvalue weighted by molar-refractivity contribution is 5.54. The van der Waals surface area contributed by atoms with E-state index < -0.39 is 0 Å². The van der Waals surface area contributed by atoms with E-state index in [1.165, 1.54) is 5.69 Å². The maximum atomic E-state index is 11.3. The number of benzene rings is 1. The first-order valence-electron chi connectivity index (χ1n) is 13.0. The highest BCUT2D eigenvalue weighted by Crippen LogP contribution is 2.36. The minimum absolute atomic E-state index is 0.0568. The van der Waals surface area contributed by atoms with Crippen molar-refractivity contribution in [2.24, 2.45) is 0 Å². The van der Waals surface area contributed by atoms with Crippen LogP contribution in [0.4, 0.5) is 11.5 Å². The van der Waals surface area contributed by atoms with Crippen LogP contribution in [-0.4, -0.2) is 72.9 Å². The third-order valence-corrected chi connectivity index (χ3v) is 6.93. The van der Waals surface area contributed by atoms with Gasteiger partial charge in [0.2, 0.25) is 12.7 Å². The van der Waals surface area contributed by atoms with Gasteiger partial charge in [0.25, 0.3) is 0 Å². The largest absolute Gasteiger partial charge is 0.454 e. The van der Waals surface area contributed by atoms with Gasteiger partial charge in [-0.1, -0.05) is 11.2 Å². The van der Waals surface area contributed by atoms with Crippen molar-refractivity contribution in [1.29, 1.82) is 0 Å². The summed E-state index contributed by atoms with van der Waals surface area (Å²) in [5.41, 5.74) is 2.21. The van der Waals surface area contributed by atoms with Gasteiger partial charge in [-0.2, -0.15) is 4.98 Å². The van der Waals surface area contributed by atoms with Crippen molar-refractivity contribution in [2.75, 3.05) is 56.8 Å². The predicted molar refractivity (Wildman–Crippen MR) is 139 cm³/mol. The lowest BCUT2D eigenvalue weighted by Crippen LogP contribution is -2.44.